The second-order valence-corrected chi connectivity index (χ2v) is 15.1. The van der Waals surface area contributed by atoms with Gasteiger partial charge in [-0.25, -0.2) is 9.97 Å². The van der Waals surface area contributed by atoms with Crippen LogP contribution in [0.15, 0.2) is 133 Å². The Morgan fingerprint density at radius 3 is 1.61 bits per heavy atom. The van der Waals surface area contributed by atoms with Crippen molar-refractivity contribution in [2.75, 3.05) is 18.4 Å². The van der Waals surface area contributed by atoms with E-state index in [1.807, 2.05) is 104 Å². The minimum atomic E-state index is -0.0232. The fraction of sp³-hybridized carbons (Fsp3) is 0.167. The molecule has 11 heteroatoms. The van der Waals surface area contributed by atoms with Gasteiger partial charge in [-0.15, -0.1) is 0 Å². The molecule has 59 heavy (non-hydrogen) atoms. The molecule has 10 rings (SSSR count). The zero-order chi connectivity index (χ0) is 40.9. The Kier molecular flexibility index (Phi) is 11.5. The van der Waals surface area contributed by atoms with Crippen molar-refractivity contribution < 1.29 is 9.59 Å². The summed E-state index contributed by atoms with van der Waals surface area (Å²) in [7, 11) is 0. The summed E-state index contributed by atoms with van der Waals surface area (Å²) in [6.07, 6.45) is 1.64. The number of carbonyl (C=O) groups is 2. The summed E-state index contributed by atoms with van der Waals surface area (Å²) in [5.74, 6) is 0.793. The molecule has 0 saturated carbocycles. The maximum atomic E-state index is 12.1. The molecular weight excluding hydrogens is 756 g/mol. The molecule has 6 heterocycles. The van der Waals surface area contributed by atoms with E-state index in [1.54, 1.807) is 6.07 Å². The van der Waals surface area contributed by atoms with E-state index in [0.717, 1.165) is 85.5 Å². The van der Waals surface area contributed by atoms with Gasteiger partial charge >= 0.3 is 0 Å². The Balaban J connectivity index is 0.000000140. The van der Waals surface area contributed by atoms with Crippen LogP contribution in [0.4, 0.5) is 5.82 Å². The maximum absolute atomic E-state index is 12.1. The molecule has 0 bridgehead atoms. The van der Waals surface area contributed by atoms with Crippen molar-refractivity contribution in [2.24, 2.45) is 5.73 Å². The second kappa shape index (κ2) is 17.4. The lowest BCUT2D eigenvalue weighted by Gasteiger charge is -2.16. The van der Waals surface area contributed by atoms with Crippen LogP contribution in [-0.4, -0.2) is 44.8 Å². The lowest BCUT2D eigenvalue weighted by atomic mass is 10.1. The summed E-state index contributed by atoms with van der Waals surface area (Å²) in [5, 5.41) is 11.8. The first-order chi connectivity index (χ1) is 28.7. The summed E-state index contributed by atoms with van der Waals surface area (Å²) in [6.45, 7) is 5.45. The highest BCUT2D eigenvalue weighted by atomic mass is 35.5. The van der Waals surface area contributed by atoms with Crippen molar-refractivity contribution >= 4 is 51.0 Å². The van der Waals surface area contributed by atoms with Crippen LogP contribution in [0.2, 0.25) is 5.15 Å². The third-order valence-electron chi connectivity index (χ3n) is 10.6. The Hall–Kier alpha value is -6.75. The zero-order valence-electron chi connectivity index (χ0n) is 32.9. The number of hydrogen-bond donors (Lipinski definition) is 6. The molecular formula is C48H45ClN8O2. The number of halogens is 1. The quantitative estimate of drug-likeness (QED) is 0.0922. The Morgan fingerprint density at radius 2 is 1.10 bits per heavy atom. The van der Waals surface area contributed by atoms with Crippen molar-refractivity contribution in [1.29, 1.82) is 0 Å². The average molecular weight is 801 g/mol. The first kappa shape index (κ1) is 39.1. The van der Waals surface area contributed by atoms with Crippen molar-refractivity contribution in [3.8, 4) is 22.5 Å². The first-order valence-electron chi connectivity index (χ1n) is 19.8. The summed E-state index contributed by atoms with van der Waals surface area (Å²) >= 11 is 6.02. The zero-order valence-corrected chi connectivity index (χ0v) is 33.6. The number of nitrogens with zero attached hydrogens (tertiary/aromatic N) is 2. The van der Waals surface area contributed by atoms with Gasteiger partial charge in [-0.2, -0.15) is 0 Å². The average Bonchev–Trinajstić information content (AvgIpc) is 3.91. The van der Waals surface area contributed by atoms with Crippen molar-refractivity contribution in [3.05, 3.63) is 172 Å². The topological polar surface area (TPSA) is 154 Å². The number of carbonyl (C=O) groups excluding carboxylic acids is 2. The molecule has 0 radical (unpaired) electrons. The Labute approximate surface area is 347 Å². The summed E-state index contributed by atoms with van der Waals surface area (Å²) in [5.41, 5.74) is 17.0. The summed E-state index contributed by atoms with van der Waals surface area (Å²) < 4.78 is 0. The number of aromatic amines is 2. The number of para-hydroxylation sites is 2. The molecule has 4 aromatic carbocycles. The number of pyridine rings is 2. The molecule has 0 spiro atoms. The minimum Gasteiger partial charge on any atom is -0.364 e. The molecule has 10 nitrogen and oxygen atoms in total. The highest BCUT2D eigenvalue weighted by Crippen LogP contribution is 2.32. The third kappa shape index (κ3) is 8.74. The number of hydrogen-bond acceptors (Lipinski definition) is 6. The van der Waals surface area contributed by atoms with Gasteiger partial charge in [0.05, 0.1) is 22.2 Å². The number of fused-ring (bicyclic) bond motifs is 4. The molecule has 296 valence electrons. The molecule has 2 atom stereocenters. The van der Waals surface area contributed by atoms with E-state index in [1.165, 1.54) is 11.1 Å². The normalized spacial score (nSPS) is 14.0. The van der Waals surface area contributed by atoms with Gasteiger partial charge in [-0.1, -0.05) is 109 Å². The van der Waals surface area contributed by atoms with Crippen LogP contribution < -0.4 is 21.7 Å². The van der Waals surface area contributed by atoms with E-state index in [0.29, 0.717) is 18.2 Å². The lowest BCUT2D eigenvalue weighted by molar-refractivity contribution is 0.0937. The standard InChI is InChI=1S/C24H22N4O.C16H12ClN3O.C8H11N/c1-15(16-6-3-2-4-7-16)26-22-11-10-17-8-5-9-18(23(17)28-22)21-14-19-20(27-21)12-13-25-24(19)29;17-14-5-4-9-2-1-3-10(15(9)20-14)13-8-11-12(19-13)6-7-18-16(11)21;1-7(9)8-5-3-2-4-6-8/h2-11,14-15,27H,12-13H2,1H3,(H,25,29)(H,26,28);1-5,8,19H,6-7H2,(H,18,21);2-7H,9H2,1H3/t15-;;7-/m1.1/s1. The second-order valence-electron chi connectivity index (χ2n) is 14.7. The van der Waals surface area contributed by atoms with Gasteiger partial charge in [0.15, 0.2) is 0 Å². The monoisotopic (exact) mass is 800 g/mol. The van der Waals surface area contributed by atoms with Crippen LogP contribution in [-0.2, 0) is 12.8 Å². The highest BCUT2D eigenvalue weighted by Gasteiger charge is 2.22. The molecule has 2 amide bonds. The van der Waals surface area contributed by atoms with Crippen molar-refractivity contribution in [2.45, 2.75) is 38.8 Å². The number of H-pyrrole nitrogens is 2. The van der Waals surface area contributed by atoms with Gasteiger partial charge in [0.25, 0.3) is 11.8 Å². The van der Waals surface area contributed by atoms with Crippen LogP contribution in [0.5, 0.6) is 0 Å². The largest absolute Gasteiger partial charge is 0.364 e. The molecule has 2 aliphatic rings. The van der Waals surface area contributed by atoms with E-state index >= 15 is 0 Å². The van der Waals surface area contributed by atoms with E-state index < -0.39 is 0 Å². The fourth-order valence-corrected chi connectivity index (χ4v) is 7.61. The Bertz CT molecular complexity index is 2760. The molecule has 4 aromatic heterocycles. The maximum Gasteiger partial charge on any atom is 0.253 e. The van der Waals surface area contributed by atoms with Crippen LogP contribution in [0.3, 0.4) is 0 Å². The number of anilines is 1. The molecule has 2 aliphatic heterocycles. The van der Waals surface area contributed by atoms with E-state index in [9.17, 15) is 9.59 Å². The smallest absolute Gasteiger partial charge is 0.253 e. The molecule has 0 aliphatic carbocycles. The van der Waals surface area contributed by atoms with E-state index in [2.05, 4.69) is 68.2 Å². The lowest BCUT2D eigenvalue weighted by Crippen LogP contribution is -2.31. The number of nitrogens with one attached hydrogen (secondary N) is 5. The fourth-order valence-electron chi connectivity index (χ4n) is 7.47. The summed E-state index contributed by atoms with van der Waals surface area (Å²) in [4.78, 5) is 40.1. The summed E-state index contributed by atoms with van der Waals surface area (Å²) in [6, 6.07) is 44.4. The number of benzene rings is 4. The Morgan fingerprint density at radius 1 is 0.593 bits per heavy atom. The first-order valence-corrected chi connectivity index (χ1v) is 20.2. The molecule has 8 aromatic rings. The van der Waals surface area contributed by atoms with Gasteiger partial charge < -0.3 is 31.7 Å². The van der Waals surface area contributed by atoms with Crippen molar-refractivity contribution in [1.82, 2.24) is 30.6 Å². The molecule has 0 saturated heterocycles. The van der Waals surface area contributed by atoms with E-state index in [-0.39, 0.29) is 23.9 Å². The molecule has 0 fully saturated rings. The van der Waals surface area contributed by atoms with Crippen LogP contribution in [0, 0.1) is 0 Å². The number of rotatable bonds is 6. The third-order valence-corrected chi connectivity index (χ3v) is 10.8. The van der Waals surface area contributed by atoms with Gasteiger partial charge in [0.1, 0.15) is 11.0 Å². The van der Waals surface area contributed by atoms with Crippen LogP contribution in [0.25, 0.3) is 44.3 Å². The van der Waals surface area contributed by atoms with E-state index in [4.69, 9.17) is 22.3 Å². The van der Waals surface area contributed by atoms with Gasteiger partial charge in [0.2, 0.25) is 0 Å². The van der Waals surface area contributed by atoms with Crippen molar-refractivity contribution in [3.63, 3.8) is 0 Å². The SMILES string of the molecule is C[C@@H](N)c1ccccc1.C[C@@H](Nc1ccc2cccc(-c3cc4c([nH]3)CCNC4=O)c2n1)c1ccccc1.O=C1NCCc2[nH]c(-c3cccc4ccc(Cl)nc34)cc21. The molecule has 0 unspecified atom stereocenters. The minimum absolute atomic E-state index is 0.0130. The predicted molar refractivity (Wildman–Crippen MR) is 238 cm³/mol. The van der Waals surface area contributed by atoms with Gasteiger partial charge in [-0.05, 0) is 61.4 Å². The number of nitrogens with two attached hydrogens (primary N) is 1. The van der Waals surface area contributed by atoms with Crippen LogP contribution in [0.1, 0.15) is 69.2 Å². The molecule has 7 N–H and O–H groups in total. The highest BCUT2D eigenvalue weighted by molar-refractivity contribution is 6.29. The number of amides is 2. The van der Waals surface area contributed by atoms with Gasteiger partial charge in [-0.3, -0.25) is 9.59 Å². The predicted octanol–water partition coefficient (Wildman–Crippen LogP) is 9.56. The van der Waals surface area contributed by atoms with Crippen LogP contribution >= 0.6 is 11.6 Å². The number of aromatic nitrogens is 4. The van der Waals surface area contributed by atoms with Gasteiger partial charge in [0, 0.05) is 82.7 Å².